The Morgan fingerprint density at radius 1 is 1.27 bits per heavy atom. The fourth-order valence-corrected chi connectivity index (χ4v) is 3.08. The van der Waals surface area contributed by atoms with Crippen molar-refractivity contribution in [2.75, 3.05) is 32.5 Å². The molecule has 1 aliphatic rings. The van der Waals surface area contributed by atoms with E-state index in [2.05, 4.69) is 20.7 Å². The summed E-state index contributed by atoms with van der Waals surface area (Å²) in [6.07, 6.45) is 0. The maximum atomic E-state index is 14.0. The predicted molar refractivity (Wildman–Crippen MR) is 90.2 cm³/mol. The monoisotopic (exact) mass is 431 g/mol. The third kappa shape index (κ3) is 3.42. The van der Waals surface area contributed by atoms with Gasteiger partial charge in [-0.25, -0.2) is 18.8 Å². The molecule has 0 spiro atoms. The number of carboxylic acid groups (broad SMARTS) is 1. The Bertz CT molecular complexity index is 821. The quantitative estimate of drug-likeness (QED) is 0.721. The first-order chi connectivity index (χ1) is 12.2. The van der Waals surface area contributed by atoms with E-state index in [4.69, 9.17) is 9.47 Å². The van der Waals surface area contributed by atoms with Gasteiger partial charge in [0.05, 0.1) is 36.6 Å². The summed E-state index contributed by atoms with van der Waals surface area (Å²) in [6, 6.07) is 1.10. The molecule has 26 heavy (non-hydrogen) atoms. The van der Waals surface area contributed by atoms with Crippen LogP contribution in [-0.2, 0) is 23.8 Å². The molecule has 1 heterocycles. The van der Waals surface area contributed by atoms with Gasteiger partial charge in [0.15, 0.2) is 0 Å². The van der Waals surface area contributed by atoms with Crippen LogP contribution >= 0.6 is 15.9 Å². The lowest BCUT2D eigenvalue weighted by atomic mass is 10.0. The average molecular weight is 432 g/mol. The van der Waals surface area contributed by atoms with Crippen LogP contribution in [0.1, 0.15) is 15.9 Å². The first-order valence-electron chi connectivity index (χ1n) is 7.21. The number of carboxylic acids is 1. The molecule has 1 aromatic carbocycles. The van der Waals surface area contributed by atoms with Crippen molar-refractivity contribution in [1.29, 1.82) is 0 Å². The Labute approximate surface area is 156 Å². The number of anilines is 1. The summed E-state index contributed by atoms with van der Waals surface area (Å²) >= 11 is 2.92. The molecule has 0 amide bonds. The second-order valence-corrected chi connectivity index (χ2v) is 6.03. The van der Waals surface area contributed by atoms with Gasteiger partial charge in [-0.2, -0.15) is 0 Å². The van der Waals surface area contributed by atoms with Crippen LogP contribution in [0.3, 0.4) is 0 Å². The summed E-state index contributed by atoms with van der Waals surface area (Å²) in [5.74, 6) is -3.92. The highest BCUT2D eigenvalue weighted by atomic mass is 79.9. The van der Waals surface area contributed by atoms with Gasteiger partial charge in [-0.05, 0) is 34.5 Å². The van der Waals surface area contributed by atoms with Gasteiger partial charge in [0.25, 0.3) is 0 Å². The second-order valence-electron chi connectivity index (χ2n) is 5.23. The van der Waals surface area contributed by atoms with Crippen molar-refractivity contribution in [1.82, 2.24) is 0 Å². The molecule has 8 nitrogen and oxygen atoms in total. The minimum Gasteiger partial charge on any atom is -0.478 e. The number of halogens is 2. The molecule has 1 N–H and O–H groups in total. The van der Waals surface area contributed by atoms with E-state index < -0.39 is 29.3 Å². The number of ether oxygens (including phenoxy) is 3. The molecule has 1 aliphatic heterocycles. The van der Waals surface area contributed by atoms with E-state index in [1.807, 2.05) is 0 Å². The van der Waals surface area contributed by atoms with E-state index in [9.17, 15) is 23.9 Å². The summed E-state index contributed by atoms with van der Waals surface area (Å²) < 4.78 is 28.4. The molecule has 2 rings (SSSR count). The van der Waals surface area contributed by atoms with Crippen molar-refractivity contribution in [3.63, 3.8) is 0 Å². The van der Waals surface area contributed by atoms with Crippen molar-refractivity contribution >= 4 is 39.5 Å². The highest BCUT2D eigenvalue weighted by Crippen LogP contribution is 2.37. The van der Waals surface area contributed by atoms with E-state index in [1.54, 1.807) is 0 Å². The van der Waals surface area contributed by atoms with Crippen LogP contribution < -0.4 is 4.90 Å². The van der Waals surface area contributed by atoms with Crippen LogP contribution in [0, 0.1) is 12.7 Å². The lowest BCUT2D eigenvalue weighted by Gasteiger charge is -2.33. The molecule has 1 aromatic rings. The Hall–Kier alpha value is -2.46. The SMILES string of the molecule is COC(=O)C1=C(C(=O)OC)N(c2c(C)cc(F)c(Br)c2C(=O)O)COC1. The number of esters is 2. The first kappa shape index (κ1) is 19.9. The molecule has 0 aliphatic carbocycles. The zero-order chi connectivity index (χ0) is 19.6. The Balaban J connectivity index is 2.81. The summed E-state index contributed by atoms with van der Waals surface area (Å²) in [5.41, 5.74) is -0.568. The Morgan fingerprint density at radius 3 is 2.42 bits per heavy atom. The predicted octanol–water partition coefficient (Wildman–Crippen LogP) is 1.99. The number of carbonyl (C=O) groups is 3. The summed E-state index contributed by atoms with van der Waals surface area (Å²) in [5, 5.41) is 9.54. The van der Waals surface area contributed by atoms with Gasteiger partial charge in [-0.3, -0.25) is 0 Å². The normalized spacial score (nSPS) is 14.3. The number of aromatic carboxylic acids is 1. The molecule has 0 bridgehead atoms. The number of hydrogen-bond acceptors (Lipinski definition) is 7. The molecule has 10 heteroatoms. The van der Waals surface area contributed by atoms with Crippen LogP contribution in [0.5, 0.6) is 0 Å². The summed E-state index contributed by atoms with van der Waals surface area (Å²) in [6.45, 7) is 1.00. The minimum atomic E-state index is -1.43. The highest BCUT2D eigenvalue weighted by molar-refractivity contribution is 9.10. The Morgan fingerprint density at radius 2 is 1.88 bits per heavy atom. The average Bonchev–Trinajstić information content (AvgIpc) is 2.62. The molecule has 140 valence electrons. The minimum absolute atomic E-state index is 0.00715. The standard InChI is InChI=1S/C16H15BrFNO7/c1-7-4-9(18)11(17)10(14(20)21)12(7)19-6-26-5-8(15(22)24-2)13(19)16(23)25-3/h4H,5-6H2,1-3H3,(H,20,21). The zero-order valence-corrected chi connectivity index (χ0v) is 15.7. The number of aryl methyl sites for hydroxylation is 1. The lowest BCUT2D eigenvalue weighted by molar-refractivity contribution is -0.140. The molecule has 0 unspecified atom stereocenters. The zero-order valence-electron chi connectivity index (χ0n) is 14.1. The number of rotatable bonds is 4. The summed E-state index contributed by atoms with van der Waals surface area (Å²) in [7, 11) is 2.25. The van der Waals surface area contributed by atoms with Crippen LogP contribution in [-0.4, -0.2) is 50.6 Å². The lowest BCUT2D eigenvalue weighted by Crippen LogP contribution is -2.40. The smallest absolute Gasteiger partial charge is 0.355 e. The molecule has 0 aromatic heterocycles. The fraction of sp³-hybridized carbons (Fsp3) is 0.312. The van der Waals surface area contributed by atoms with Crippen molar-refractivity contribution in [2.45, 2.75) is 6.92 Å². The van der Waals surface area contributed by atoms with E-state index >= 15 is 0 Å². The van der Waals surface area contributed by atoms with E-state index in [0.717, 1.165) is 25.2 Å². The first-order valence-corrected chi connectivity index (χ1v) is 8.00. The van der Waals surface area contributed by atoms with E-state index in [1.165, 1.54) is 6.92 Å². The number of nitrogens with zero attached hydrogens (tertiary/aromatic N) is 1. The number of hydrogen-bond donors (Lipinski definition) is 1. The van der Waals surface area contributed by atoms with Gasteiger partial charge in [-0.1, -0.05) is 0 Å². The van der Waals surface area contributed by atoms with E-state index in [-0.39, 0.29) is 40.3 Å². The number of methoxy groups -OCH3 is 2. The molecular weight excluding hydrogens is 417 g/mol. The van der Waals surface area contributed by atoms with Crippen LogP contribution in [0.2, 0.25) is 0 Å². The van der Waals surface area contributed by atoms with E-state index in [0.29, 0.717) is 0 Å². The van der Waals surface area contributed by atoms with Gasteiger partial charge < -0.3 is 24.2 Å². The topological polar surface area (TPSA) is 102 Å². The molecule has 0 fully saturated rings. The maximum Gasteiger partial charge on any atom is 0.355 e. The van der Waals surface area contributed by atoms with Crippen molar-refractivity contribution in [2.24, 2.45) is 0 Å². The van der Waals surface area contributed by atoms with Gasteiger partial charge >= 0.3 is 17.9 Å². The second kappa shape index (κ2) is 7.83. The van der Waals surface area contributed by atoms with Gasteiger partial charge in [0.2, 0.25) is 0 Å². The largest absolute Gasteiger partial charge is 0.478 e. The van der Waals surface area contributed by atoms with Crippen molar-refractivity contribution in [3.05, 3.63) is 38.8 Å². The molecule has 0 saturated carbocycles. The fourth-order valence-electron chi connectivity index (χ4n) is 2.61. The van der Waals surface area contributed by atoms with Crippen LogP contribution in [0.15, 0.2) is 21.8 Å². The van der Waals surface area contributed by atoms with Crippen molar-refractivity contribution < 1.29 is 38.1 Å². The molecule has 0 atom stereocenters. The summed E-state index contributed by atoms with van der Waals surface area (Å²) in [4.78, 5) is 37.2. The maximum absolute atomic E-state index is 14.0. The molecule has 0 radical (unpaired) electrons. The molecular formula is C16H15BrFNO7. The van der Waals surface area contributed by atoms with Crippen LogP contribution in [0.25, 0.3) is 0 Å². The van der Waals surface area contributed by atoms with Crippen LogP contribution in [0.4, 0.5) is 10.1 Å². The number of benzene rings is 1. The third-order valence-corrected chi connectivity index (χ3v) is 4.47. The third-order valence-electron chi connectivity index (χ3n) is 3.70. The number of carbonyl (C=O) groups excluding carboxylic acids is 2. The Kier molecular flexibility index (Phi) is 5.98. The highest BCUT2D eigenvalue weighted by Gasteiger charge is 2.36. The molecule has 0 saturated heterocycles. The van der Waals surface area contributed by atoms with Gasteiger partial charge in [0, 0.05) is 0 Å². The van der Waals surface area contributed by atoms with Crippen molar-refractivity contribution in [3.8, 4) is 0 Å². The van der Waals surface area contributed by atoms with Gasteiger partial charge in [-0.15, -0.1) is 0 Å². The van der Waals surface area contributed by atoms with Gasteiger partial charge in [0.1, 0.15) is 23.8 Å².